The van der Waals surface area contributed by atoms with Gasteiger partial charge in [0.05, 0.1) is 62.8 Å². The summed E-state index contributed by atoms with van der Waals surface area (Å²) in [6.07, 6.45) is -8.58. The first-order valence-electron chi connectivity index (χ1n) is 14.2. The molecule has 0 bridgehead atoms. The van der Waals surface area contributed by atoms with Gasteiger partial charge in [-0.2, -0.15) is 31.4 Å². The Morgan fingerprint density at radius 3 is 2.46 bits per heavy atom. The number of halogens is 6. The van der Waals surface area contributed by atoms with Gasteiger partial charge in [0.1, 0.15) is 17.0 Å². The number of amides is 1. The number of carbonyl (C=O) groups is 1. The van der Waals surface area contributed by atoms with E-state index in [0.717, 1.165) is 16.9 Å². The van der Waals surface area contributed by atoms with Gasteiger partial charge in [-0.1, -0.05) is 12.1 Å². The molecule has 10 nitrogen and oxygen atoms in total. The lowest BCUT2D eigenvalue weighted by Gasteiger charge is -2.29. The van der Waals surface area contributed by atoms with Gasteiger partial charge in [0.15, 0.2) is 0 Å². The third-order valence-corrected chi connectivity index (χ3v) is 7.48. The van der Waals surface area contributed by atoms with Gasteiger partial charge < -0.3 is 24.3 Å². The van der Waals surface area contributed by atoms with E-state index < -0.39 is 40.9 Å². The summed E-state index contributed by atoms with van der Waals surface area (Å²) < 4.78 is 94.2. The molecule has 246 valence electrons. The molecular weight excluding hydrogens is 622 g/mol. The lowest BCUT2D eigenvalue weighted by Crippen LogP contribution is -2.38. The SMILES string of the molecule is COc1ccc(Cn2ncc(N[C@@H](C)COCCC(=O)N3CCn4c(cc5nc(C(F)(F)F)ccc54)C3)c(C(F)(F)F)c2=O)cc1. The van der Waals surface area contributed by atoms with Crippen molar-refractivity contribution in [2.45, 2.75) is 51.4 Å². The number of methoxy groups -OCH3 is 1. The van der Waals surface area contributed by atoms with Crippen LogP contribution in [-0.2, 0) is 41.5 Å². The van der Waals surface area contributed by atoms with Crippen molar-refractivity contribution in [1.82, 2.24) is 24.2 Å². The summed E-state index contributed by atoms with van der Waals surface area (Å²) in [5.74, 6) is 0.313. The fourth-order valence-electron chi connectivity index (χ4n) is 5.23. The van der Waals surface area contributed by atoms with Crippen LogP contribution in [0.2, 0.25) is 0 Å². The standard InChI is InChI=1S/C30H30F6N6O4/c1-18(38-23-14-37-42(28(44)27(23)30(34,35)36)15-19-3-5-21(45-2)6-4-19)17-46-12-9-26(43)40-10-11-41-20(16-40)13-22-24(41)7-8-25(39-22)29(31,32)33/h3-8,13-14,18,38H,9-12,15-17H2,1-2H3/t18-/m0/s1. The molecule has 1 N–H and O–H groups in total. The highest BCUT2D eigenvalue weighted by molar-refractivity contribution is 5.79. The number of ether oxygens (including phenoxy) is 2. The average Bonchev–Trinajstić information content (AvgIpc) is 3.37. The number of nitrogens with zero attached hydrogens (tertiary/aromatic N) is 5. The predicted octanol–water partition coefficient (Wildman–Crippen LogP) is 4.94. The van der Waals surface area contributed by atoms with E-state index in [0.29, 0.717) is 35.6 Å². The van der Waals surface area contributed by atoms with Gasteiger partial charge in [-0.3, -0.25) is 9.59 Å². The van der Waals surface area contributed by atoms with Crippen molar-refractivity contribution in [3.63, 3.8) is 0 Å². The summed E-state index contributed by atoms with van der Waals surface area (Å²) in [5.41, 5.74) is -2.20. The summed E-state index contributed by atoms with van der Waals surface area (Å²) in [7, 11) is 1.48. The maximum absolute atomic E-state index is 13.9. The van der Waals surface area contributed by atoms with Crippen molar-refractivity contribution in [3.8, 4) is 5.75 Å². The van der Waals surface area contributed by atoms with Crippen LogP contribution >= 0.6 is 0 Å². The molecule has 0 radical (unpaired) electrons. The van der Waals surface area contributed by atoms with E-state index >= 15 is 0 Å². The van der Waals surface area contributed by atoms with Crippen LogP contribution in [0.15, 0.2) is 53.5 Å². The maximum Gasteiger partial charge on any atom is 0.433 e. The molecule has 0 saturated heterocycles. The highest BCUT2D eigenvalue weighted by atomic mass is 19.4. The Hall–Kier alpha value is -4.60. The molecule has 4 heterocycles. The van der Waals surface area contributed by atoms with Crippen molar-refractivity contribution in [1.29, 1.82) is 0 Å². The number of nitrogens with one attached hydrogen (secondary N) is 1. The third kappa shape index (κ3) is 7.27. The minimum atomic E-state index is -4.95. The first kappa shape index (κ1) is 32.8. The largest absolute Gasteiger partial charge is 0.497 e. The first-order chi connectivity index (χ1) is 21.7. The zero-order valence-electron chi connectivity index (χ0n) is 24.8. The molecule has 0 fully saturated rings. The molecule has 1 aromatic carbocycles. The van der Waals surface area contributed by atoms with Gasteiger partial charge in [0.2, 0.25) is 5.91 Å². The number of hydrogen-bond donors (Lipinski definition) is 1. The molecule has 0 unspecified atom stereocenters. The van der Waals surface area contributed by atoms with Crippen LogP contribution in [0.1, 0.15) is 35.9 Å². The summed E-state index contributed by atoms with van der Waals surface area (Å²) in [5, 5.41) is 6.56. The molecule has 1 aliphatic heterocycles. The maximum atomic E-state index is 13.9. The van der Waals surface area contributed by atoms with Crippen LogP contribution in [0.5, 0.6) is 5.75 Å². The minimum Gasteiger partial charge on any atom is -0.497 e. The van der Waals surface area contributed by atoms with Gasteiger partial charge in [0, 0.05) is 24.8 Å². The summed E-state index contributed by atoms with van der Waals surface area (Å²) >= 11 is 0. The molecule has 0 aliphatic carbocycles. The molecule has 0 spiro atoms. The molecule has 16 heteroatoms. The molecule has 46 heavy (non-hydrogen) atoms. The number of carbonyl (C=O) groups excluding carboxylic acids is 1. The first-order valence-corrected chi connectivity index (χ1v) is 14.2. The van der Waals surface area contributed by atoms with Crippen molar-refractivity contribution in [2.24, 2.45) is 0 Å². The Kier molecular flexibility index (Phi) is 9.28. The monoisotopic (exact) mass is 652 g/mol. The van der Waals surface area contributed by atoms with Crippen molar-refractivity contribution in [2.75, 3.05) is 32.2 Å². The quantitative estimate of drug-likeness (QED) is 0.191. The number of aromatic nitrogens is 4. The van der Waals surface area contributed by atoms with E-state index in [4.69, 9.17) is 9.47 Å². The number of benzene rings is 1. The van der Waals surface area contributed by atoms with Gasteiger partial charge in [-0.15, -0.1) is 0 Å². The van der Waals surface area contributed by atoms with E-state index in [9.17, 15) is 35.9 Å². The third-order valence-electron chi connectivity index (χ3n) is 7.48. The number of anilines is 1. The normalized spacial score (nSPS) is 14.3. The fraction of sp³-hybridized carbons (Fsp3) is 0.400. The van der Waals surface area contributed by atoms with Gasteiger partial charge in [-0.05, 0) is 42.8 Å². The summed E-state index contributed by atoms with van der Waals surface area (Å²) in [6.45, 7) is 2.21. The Bertz CT molecular complexity index is 1770. The highest BCUT2D eigenvalue weighted by Crippen LogP contribution is 2.33. The Morgan fingerprint density at radius 2 is 1.78 bits per heavy atom. The molecule has 5 rings (SSSR count). The number of alkyl halides is 6. The van der Waals surface area contributed by atoms with Gasteiger partial charge in [0.25, 0.3) is 5.56 Å². The zero-order valence-corrected chi connectivity index (χ0v) is 24.8. The average molecular weight is 653 g/mol. The van der Waals surface area contributed by atoms with E-state index in [2.05, 4.69) is 15.4 Å². The van der Waals surface area contributed by atoms with Gasteiger partial charge >= 0.3 is 12.4 Å². The number of pyridine rings is 1. The van der Waals surface area contributed by atoms with Crippen molar-refractivity contribution < 1.29 is 40.6 Å². The lowest BCUT2D eigenvalue weighted by atomic mass is 10.2. The van der Waals surface area contributed by atoms with Crippen LogP contribution in [-0.4, -0.2) is 63.0 Å². The second-order valence-corrected chi connectivity index (χ2v) is 10.8. The van der Waals surface area contributed by atoms with E-state index in [1.165, 1.54) is 19.2 Å². The van der Waals surface area contributed by atoms with E-state index in [1.54, 1.807) is 36.1 Å². The highest BCUT2D eigenvalue weighted by Gasteiger charge is 2.38. The predicted molar refractivity (Wildman–Crippen MR) is 154 cm³/mol. The topological polar surface area (TPSA) is 104 Å². The van der Waals surface area contributed by atoms with Crippen molar-refractivity contribution >= 4 is 22.6 Å². The minimum absolute atomic E-state index is 0.0137. The van der Waals surface area contributed by atoms with Crippen LogP contribution in [0.3, 0.4) is 0 Å². The summed E-state index contributed by atoms with van der Waals surface area (Å²) in [6, 6.07) is 9.65. The fourth-order valence-corrected chi connectivity index (χ4v) is 5.23. The molecule has 0 saturated carbocycles. The Balaban J connectivity index is 1.14. The van der Waals surface area contributed by atoms with Crippen LogP contribution in [0, 0.1) is 0 Å². The second-order valence-electron chi connectivity index (χ2n) is 10.8. The smallest absolute Gasteiger partial charge is 0.433 e. The van der Waals surface area contributed by atoms with Crippen molar-refractivity contribution in [3.05, 3.63) is 81.5 Å². The Morgan fingerprint density at radius 1 is 1.04 bits per heavy atom. The Labute approximate surface area is 258 Å². The molecule has 1 amide bonds. The molecule has 1 atom stereocenters. The second kappa shape index (κ2) is 13.0. The number of fused-ring (bicyclic) bond motifs is 3. The zero-order chi connectivity index (χ0) is 33.2. The van der Waals surface area contributed by atoms with Crippen LogP contribution in [0.4, 0.5) is 32.0 Å². The molecule has 4 aromatic rings. The number of rotatable bonds is 10. The van der Waals surface area contributed by atoms with Gasteiger partial charge in [-0.25, -0.2) is 9.67 Å². The number of hydrogen-bond acceptors (Lipinski definition) is 7. The lowest BCUT2D eigenvalue weighted by molar-refractivity contribution is -0.141. The van der Waals surface area contributed by atoms with E-state index in [1.807, 2.05) is 4.57 Å². The summed E-state index contributed by atoms with van der Waals surface area (Å²) in [4.78, 5) is 30.9. The molecule has 1 aliphatic rings. The molecular formula is C30H30F6N6O4. The molecule has 3 aromatic heterocycles. The van der Waals surface area contributed by atoms with E-state index in [-0.39, 0.29) is 44.1 Å². The van der Waals surface area contributed by atoms with Crippen LogP contribution in [0.25, 0.3) is 11.0 Å². The van der Waals surface area contributed by atoms with Crippen LogP contribution < -0.4 is 15.6 Å².